The highest BCUT2D eigenvalue weighted by atomic mass is 32.2. The van der Waals surface area contributed by atoms with Crippen molar-refractivity contribution in [2.75, 3.05) is 23.7 Å². The zero-order chi connectivity index (χ0) is 26.9. The summed E-state index contributed by atoms with van der Waals surface area (Å²) in [4.78, 5) is 13.7. The number of carbonyl (C=O) groups is 1. The van der Waals surface area contributed by atoms with E-state index in [0.29, 0.717) is 43.2 Å². The van der Waals surface area contributed by atoms with Gasteiger partial charge in [-0.05, 0) is 55.9 Å². The van der Waals surface area contributed by atoms with Crippen molar-refractivity contribution < 1.29 is 18.3 Å². The molecular weight excluding hydrogens is 500 g/mol. The number of nitrogens with one attached hydrogen (secondary N) is 2. The molecule has 202 valence electrons. The molecule has 1 aliphatic carbocycles. The van der Waals surface area contributed by atoms with E-state index in [9.17, 15) is 18.3 Å². The summed E-state index contributed by atoms with van der Waals surface area (Å²) in [5.41, 5.74) is 3.71. The minimum Gasteiger partial charge on any atom is -0.390 e. The lowest BCUT2D eigenvalue weighted by Crippen LogP contribution is -2.49. The highest BCUT2D eigenvalue weighted by molar-refractivity contribution is 7.92. The number of aromatic nitrogens is 1. The molecule has 0 unspecified atom stereocenters. The molecule has 9 heteroatoms. The lowest BCUT2D eigenvalue weighted by molar-refractivity contribution is 0.0825. The van der Waals surface area contributed by atoms with Crippen molar-refractivity contribution in [1.29, 1.82) is 0 Å². The van der Waals surface area contributed by atoms with Crippen LogP contribution in [-0.2, 0) is 29.4 Å². The third kappa shape index (κ3) is 5.36. The van der Waals surface area contributed by atoms with Gasteiger partial charge in [-0.25, -0.2) is 8.42 Å². The maximum absolute atomic E-state index is 13.7. The number of hydrogen-bond donors (Lipinski definition) is 3. The Labute approximate surface area is 224 Å². The number of aliphatic hydroxyl groups is 1. The van der Waals surface area contributed by atoms with Crippen LogP contribution in [0.2, 0.25) is 0 Å². The second kappa shape index (κ2) is 10.9. The van der Waals surface area contributed by atoms with Crippen LogP contribution in [0.4, 0.5) is 5.69 Å². The number of amides is 1. The fraction of sp³-hybridized carbons (Fsp3) is 0.414. The topological polar surface area (TPSA) is 104 Å². The average molecular weight is 537 g/mol. The molecule has 1 aliphatic heterocycles. The first-order valence-electron chi connectivity index (χ1n) is 13.3. The molecule has 3 aromatic rings. The minimum absolute atomic E-state index is 0.0252. The number of aryl methyl sites for hydroxylation is 2. The summed E-state index contributed by atoms with van der Waals surface area (Å²) in [6.07, 6.45) is 8.22. The zero-order valence-electron chi connectivity index (χ0n) is 21.9. The molecule has 0 saturated carbocycles. The van der Waals surface area contributed by atoms with Gasteiger partial charge in [0.1, 0.15) is 0 Å². The average Bonchev–Trinajstić information content (AvgIpc) is 3.55. The number of hydrogen-bond acceptors (Lipinski definition) is 5. The maximum atomic E-state index is 13.7. The summed E-state index contributed by atoms with van der Waals surface area (Å²) in [5.74, 6) is -0.316. The second-order valence-electron chi connectivity index (χ2n) is 10.2. The molecule has 0 saturated heterocycles. The van der Waals surface area contributed by atoms with Crippen molar-refractivity contribution >= 4 is 32.5 Å². The van der Waals surface area contributed by atoms with Crippen molar-refractivity contribution in [3.05, 3.63) is 77.5 Å². The molecule has 1 amide bonds. The van der Waals surface area contributed by atoms with Crippen molar-refractivity contribution in [3.63, 3.8) is 0 Å². The van der Waals surface area contributed by atoms with E-state index in [1.807, 2.05) is 49.5 Å². The zero-order valence-corrected chi connectivity index (χ0v) is 22.7. The fourth-order valence-electron chi connectivity index (χ4n) is 5.46. The largest absolute Gasteiger partial charge is 0.390 e. The number of sulfonamides is 1. The van der Waals surface area contributed by atoms with Crippen LogP contribution in [0.3, 0.4) is 0 Å². The smallest absolute Gasteiger partial charge is 0.251 e. The Bertz CT molecular complexity index is 1440. The van der Waals surface area contributed by atoms with E-state index in [1.54, 1.807) is 13.1 Å². The van der Waals surface area contributed by atoms with Gasteiger partial charge in [0.2, 0.25) is 10.0 Å². The Morgan fingerprint density at radius 3 is 2.61 bits per heavy atom. The molecule has 0 spiro atoms. The van der Waals surface area contributed by atoms with Gasteiger partial charge in [-0.3, -0.25) is 9.10 Å². The van der Waals surface area contributed by atoms with Gasteiger partial charge in [-0.1, -0.05) is 42.5 Å². The van der Waals surface area contributed by atoms with Gasteiger partial charge in [0.15, 0.2) is 0 Å². The monoisotopic (exact) mass is 536 g/mol. The molecular formula is C29H36N4O4S. The molecule has 2 heterocycles. The normalized spacial score (nSPS) is 18.4. The van der Waals surface area contributed by atoms with E-state index in [-0.39, 0.29) is 11.7 Å². The quantitative estimate of drug-likeness (QED) is 0.365. The van der Waals surface area contributed by atoms with E-state index in [2.05, 4.69) is 27.4 Å². The first kappa shape index (κ1) is 26.5. The Balaban J connectivity index is 1.45. The SMILES string of the molecule is CCn1cc2c3c(cc(C(=O)N[C@@H](Cc4ccccc4)[C@H](O)CNC4CC=CC4)cc31)N(C)S(=O)(=O)CC2. The predicted octanol–water partition coefficient (Wildman–Crippen LogP) is 2.99. The Hall–Kier alpha value is -3.14. The molecule has 3 N–H and O–H groups in total. The summed E-state index contributed by atoms with van der Waals surface area (Å²) < 4.78 is 29.1. The lowest BCUT2D eigenvalue weighted by Gasteiger charge is -2.26. The number of rotatable bonds is 9. The van der Waals surface area contributed by atoms with E-state index < -0.39 is 22.2 Å². The molecule has 0 bridgehead atoms. The van der Waals surface area contributed by atoms with Gasteiger partial charge in [0.05, 0.1) is 29.1 Å². The first-order chi connectivity index (χ1) is 18.3. The molecule has 0 fully saturated rings. The van der Waals surface area contributed by atoms with Crippen LogP contribution in [0.15, 0.2) is 60.8 Å². The highest BCUT2D eigenvalue weighted by Gasteiger charge is 2.30. The van der Waals surface area contributed by atoms with Gasteiger partial charge in [0.25, 0.3) is 5.91 Å². The summed E-state index contributed by atoms with van der Waals surface area (Å²) in [6.45, 7) is 3.09. The third-order valence-electron chi connectivity index (χ3n) is 7.73. The second-order valence-corrected chi connectivity index (χ2v) is 12.4. The summed E-state index contributed by atoms with van der Waals surface area (Å²) in [5, 5.41) is 18.5. The van der Waals surface area contributed by atoms with E-state index in [0.717, 1.165) is 34.9 Å². The number of benzene rings is 2. The standard InChI is InChI=1S/C29H36N4O4S/c1-3-33-19-21-13-14-38(36,37)32(2)25-16-22(17-26(33)28(21)25)29(35)31-24(15-20-9-5-4-6-10-20)27(34)18-30-23-11-7-8-12-23/h4-10,16-17,19,23-24,27,30,34H,3,11-15,18H2,1-2H3,(H,31,35)/t24-,27+/m0/s1. The van der Waals surface area contributed by atoms with Crippen molar-refractivity contribution in [1.82, 2.24) is 15.2 Å². The van der Waals surface area contributed by atoms with Crippen LogP contribution >= 0.6 is 0 Å². The van der Waals surface area contributed by atoms with Gasteiger partial charge in [-0.15, -0.1) is 0 Å². The van der Waals surface area contributed by atoms with Crippen LogP contribution in [0.1, 0.15) is 41.3 Å². The van der Waals surface area contributed by atoms with Crippen LogP contribution < -0.4 is 14.9 Å². The highest BCUT2D eigenvalue weighted by Crippen LogP contribution is 2.37. The van der Waals surface area contributed by atoms with Crippen LogP contribution in [-0.4, -0.2) is 61.5 Å². The van der Waals surface area contributed by atoms with Crippen molar-refractivity contribution in [3.8, 4) is 0 Å². The lowest BCUT2D eigenvalue weighted by atomic mass is 9.99. The maximum Gasteiger partial charge on any atom is 0.251 e. The van der Waals surface area contributed by atoms with Gasteiger partial charge >= 0.3 is 0 Å². The molecule has 2 aromatic carbocycles. The number of aliphatic hydroxyl groups excluding tert-OH is 1. The predicted molar refractivity (Wildman–Crippen MR) is 151 cm³/mol. The minimum atomic E-state index is -3.50. The summed E-state index contributed by atoms with van der Waals surface area (Å²) in [7, 11) is -1.95. The number of anilines is 1. The number of carbonyl (C=O) groups excluding carboxylic acids is 1. The van der Waals surface area contributed by atoms with Crippen molar-refractivity contribution in [2.45, 2.75) is 57.3 Å². The Morgan fingerprint density at radius 1 is 1.16 bits per heavy atom. The van der Waals surface area contributed by atoms with Gasteiger partial charge < -0.3 is 20.3 Å². The van der Waals surface area contributed by atoms with Crippen LogP contribution in [0, 0.1) is 0 Å². The van der Waals surface area contributed by atoms with E-state index in [1.165, 1.54) is 4.31 Å². The van der Waals surface area contributed by atoms with Crippen LogP contribution in [0.5, 0.6) is 0 Å². The fourth-order valence-corrected chi connectivity index (χ4v) is 6.66. The molecule has 1 aromatic heterocycles. The van der Waals surface area contributed by atoms with Crippen LogP contribution in [0.25, 0.3) is 10.9 Å². The molecule has 0 radical (unpaired) electrons. The molecule has 8 nitrogen and oxygen atoms in total. The molecule has 2 aliphatic rings. The third-order valence-corrected chi connectivity index (χ3v) is 9.48. The summed E-state index contributed by atoms with van der Waals surface area (Å²) >= 11 is 0. The molecule has 38 heavy (non-hydrogen) atoms. The van der Waals surface area contributed by atoms with E-state index >= 15 is 0 Å². The Morgan fingerprint density at radius 2 is 1.89 bits per heavy atom. The van der Waals surface area contributed by atoms with Gasteiger partial charge in [0, 0.05) is 43.3 Å². The van der Waals surface area contributed by atoms with E-state index in [4.69, 9.17) is 0 Å². The first-order valence-corrected chi connectivity index (χ1v) is 14.9. The Kier molecular flexibility index (Phi) is 7.61. The summed E-state index contributed by atoms with van der Waals surface area (Å²) in [6, 6.07) is 13.1. The number of nitrogens with zero attached hydrogens (tertiary/aromatic N) is 2. The molecule has 5 rings (SSSR count). The molecule has 2 atom stereocenters. The van der Waals surface area contributed by atoms with Crippen molar-refractivity contribution in [2.24, 2.45) is 0 Å². The van der Waals surface area contributed by atoms with Gasteiger partial charge in [-0.2, -0.15) is 0 Å².